The van der Waals surface area contributed by atoms with Crippen molar-refractivity contribution in [2.45, 2.75) is 9.79 Å². The van der Waals surface area contributed by atoms with Gasteiger partial charge in [-0.25, -0.2) is 8.42 Å². The normalized spacial score (nSPS) is 11.3. The van der Waals surface area contributed by atoms with E-state index in [-0.39, 0.29) is 0 Å². The maximum Gasteiger partial charge on any atom is 0.175 e. The summed E-state index contributed by atoms with van der Waals surface area (Å²) in [7, 11) is -3.12. The molecular formula is C15H16ClNO2S2. The first-order chi connectivity index (χ1) is 9.95. The van der Waals surface area contributed by atoms with Crippen LogP contribution in [0.15, 0.2) is 58.3 Å². The molecule has 0 spiro atoms. The van der Waals surface area contributed by atoms with Gasteiger partial charge in [0.1, 0.15) is 0 Å². The van der Waals surface area contributed by atoms with Crippen molar-refractivity contribution < 1.29 is 8.42 Å². The Hall–Kier alpha value is -1.17. The lowest BCUT2D eigenvalue weighted by Crippen LogP contribution is -2.03. The lowest BCUT2D eigenvalue weighted by atomic mass is 10.3. The highest BCUT2D eigenvalue weighted by molar-refractivity contribution is 7.99. The van der Waals surface area contributed by atoms with E-state index >= 15 is 0 Å². The Bertz CT molecular complexity index is 700. The molecule has 0 aliphatic carbocycles. The summed E-state index contributed by atoms with van der Waals surface area (Å²) in [6, 6.07) is 14.5. The molecule has 3 nitrogen and oxygen atoms in total. The molecule has 0 saturated carbocycles. The average molecular weight is 342 g/mol. The summed E-state index contributed by atoms with van der Waals surface area (Å²) in [5.74, 6) is 0.880. The molecule has 0 saturated heterocycles. The van der Waals surface area contributed by atoms with Crippen molar-refractivity contribution in [1.82, 2.24) is 0 Å². The van der Waals surface area contributed by atoms with Crippen LogP contribution in [0.5, 0.6) is 0 Å². The minimum absolute atomic E-state index is 0.351. The fraction of sp³-hybridized carbons (Fsp3) is 0.200. The van der Waals surface area contributed by atoms with E-state index in [1.54, 1.807) is 23.9 Å². The lowest BCUT2D eigenvalue weighted by molar-refractivity contribution is 0.602. The van der Waals surface area contributed by atoms with E-state index in [9.17, 15) is 8.42 Å². The maximum absolute atomic E-state index is 11.4. The van der Waals surface area contributed by atoms with Gasteiger partial charge >= 0.3 is 0 Å². The van der Waals surface area contributed by atoms with E-state index < -0.39 is 9.84 Å². The number of nitrogens with one attached hydrogen (secondary N) is 1. The number of benzene rings is 2. The molecule has 112 valence electrons. The monoisotopic (exact) mass is 341 g/mol. The summed E-state index contributed by atoms with van der Waals surface area (Å²) in [4.78, 5) is 1.40. The summed E-state index contributed by atoms with van der Waals surface area (Å²) in [5, 5.41) is 4.00. The Labute approximate surface area is 134 Å². The minimum Gasteiger partial charge on any atom is -0.384 e. The molecule has 0 bridgehead atoms. The molecular weight excluding hydrogens is 326 g/mol. The van der Waals surface area contributed by atoms with Crippen molar-refractivity contribution in [2.75, 3.05) is 23.9 Å². The van der Waals surface area contributed by atoms with E-state index in [2.05, 4.69) is 5.32 Å². The molecule has 21 heavy (non-hydrogen) atoms. The van der Waals surface area contributed by atoms with Gasteiger partial charge in [0.15, 0.2) is 9.84 Å². The maximum atomic E-state index is 11.4. The van der Waals surface area contributed by atoms with Crippen LogP contribution in [0.1, 0.15) is 0 Å². The number of hydrogen-bond donors (Lipinski definition) is 1. The Morgan fingerprint density at radius 2 is 1.86 bits per heavy atom. The van der Waals surface area contributed by atoms with Crippen LogP contribution in [0.3, 0.4) is 0 Å². The molecule has 0 heterocycles. The van der Waals surface area contributed by atoms with Crippen LogP contribution in [0, 0.1) is 0 Å². The van der Waals surface area contributed by atoms with Crippen molar-refractivity contribution in [2.24, 2.45) is 0 Å². The van der Waals surface area contributed by atoms with Crippen molar-refractivity contribution in [3.63, 3.8) is 0 Å². The van der Waals surface area contributed by atoms with E-state index in [0.717, 1.165) is 22.9 Å². The second kappa shape index (κ2) is 7.20. The van der Waals surface area contributed by atoms with Crippen molar-refractivity contribution in [1.29, 1.82) is 0 Å². The molecule has 0 aliphatic heterocycles. The van der Waals surface area contributed by atoms with Crippen LogP contribution >= 0.6 is 23.4 Å². The standard InChI is InChI=1S/C15H16ClNO2S2/c1-21(18,19)15-7-5-14(6-8-15)20-10-9-17-13-4-2-3-12(16)11-13/h2-8,11,17H,9-10H2,1H3. The van der Waals surface area contributed by atoms with E-state index in [1.165, 1.54) is 6.26 Å². The Morgan fingerprint density at radius 3 is 2.48 bits per heavy atom. The second-order valence-corrected chi connectivity index (χ2v) is 8.15. The van der Waals surface area contributed by atoms with Gasteiger partial charge in [-0.05, 0) is 42.5 Å². The van der Waals surface area contributed by atoms with Gasteiger partial charge in [0.25, 0.3) is 0 Å². The molecule has 6 heteroatoms. The number of thioether (sulfide) groups is 1. The zero-order chi connectivity index (χ0) is 15.3. The molecule has 0 amide bonds. The zero-order valence-electron chi connectivity index (χ0n) is 11.5. The topological polar surface area (TPSA) is 46.2 Å². The molecule has 2 aromatic carbocycles. The molecule has 2 aromatic rings. The molecule has 0 fully saturated rings. The fourth-order valence-corrected chi connectivity index (χ4v) is 3.33. The number of anilines is 1. The predicted molar refractivity (Wildman–Crippen MR) is 90.2 cm³/mol. The first kappa shape index (κ1) is 16.2. The Balaban J connectivity index is 1.81. The first-order valence-electron chi connectivity index (χ1n) is 6.37. The third-order valence-electron chi connectivity index (χ3n) is 2.78. The van der Waals surface area contributed by atoms with Gasteiger partial charge < -0.3 is 5.32 Å². The zero-order valence-corrected chi connectivity index (χ0v) is 13.9. The summed E-state index contributed by atoms with van der Waals surface area (Å²) >= 11 is 7.58. The van der Waals surface area contributed by atoms with Gasteiger partial charge in [-0.15, -0.1) is 11.8 Å². The Morgan fingerprint density at radius 1 is 1.14 bits per heavy atom. The van der Waals surface area contributed by atoms with Crippen molar-refractivity contribution in [3.8, 4) is 0 Å². The van der Waals surface area contributed by atoms with Crippen LogP contribution in [0.4, 0.5) is 5.69 Å². The Kier molecular flexibility index (Phi) is 5.56. The van der Waals surface area contributed by atoms with Gasteiger partial charge in [0.2, 0.25) is 0 Å². The van der Waals surface area contributed by atoms with E-state index in [0.29, 0.717) is 9.92 Å². The highest BCUT2D eigenvalue weighted by Gasteiger charge is 2.06. The van der Waals surface area contributed by atoms with Crippen molar-refractivity contribution in [3.05, 3.63) is 53.6 Å². The number of hydrogen-bond acceptors (Lipinski definition) is 4. The highest BCUT2D eigenvalue weighted by Crippen LogP contribution is 2.20. The van der Waals surface area contributed by atoms with Crippen LogP contribution in [0.25, 0.3) is 0 Å². The molecule has 0 unspecified atom stereocenters. The average Bonchev–Trinajstić information content (AvgIpc) is 2.43. The lowest BCUT2D eigenvalue weighted by Gasteiger charge is -2.07. The van der Waals surface area contributed by atoms with Gasteiger partial charge in [-0.2, -0.15) is 0 Å². The number of sulfone groups is 1. The third kappa shape index (κ3) is 5.26. The van der Waals surface area contributed by atoms with Crippen LogP contribution in [0.2, 0.25) is 5.02 Å². The highest BCUT2D eigenvalue weighted by atomic mass is 35.5. The molecule has 0 aromatic heterocycles. The van der Waals surface area contributed by atoms with Crippen LogP contribution < -0.4 is 5.32 Å². The molecule has 0 radical (unpaired) electrons. The molecule has 0 atom stereocenters. The predicted octanol–water partition coefficient (Wildman–Crippen LogP) is 3.95. The van der Waals surface area contributed by atoms with Gasteiger partial charge in [0, 0.05) is 34.2 Å². The van der Waals surface area contributed by atoms with Crippen LogP contribution in [-0.2, 0) is 9.84 Å². The third-order valence-corrected chi connectivity index (χ3v) is 5.15. The SMILES string of the molecule is CS(=O)(=O)c1ccc(SCCNc2cccc(Cl)c2)cc1. The summed E-state index contributed by atoms with van der Waals surface area (Å²) in [6.07, 6.45) is 1.21. The quantitative estimate of drug-likeness (QED) is 0.638. The van der Waals surface area contributed by atoms with Gasteiger partial charge in [0.05, 0.1) is 4.90 Å². The van der Waals surface area contributed by atoms with E-state index in [1.807, 2.05) is 36.4 Å². The van der Waals surface area contributed by atoms with Crippen LogP contribution in [-0.4, -0.2) is 27.0 Å². The number of halogens is 1. The fourth-order valence-electron chi connectivity index (χ4n) is 1.75. The summed E-state index contributed by atoms with van der Waals surface area (Å²) < 4.78 is 22.7. The molecule has 2 rings (SSSR count). The van der Waals surface area contributed by atoms with Gasteiger partial charge in [-0.3, -0.25) is 0 Å². The smallest absolute Gasteiger partial charge is 0.175 e. The minimum atomic E-state index is -3.12. The van der Waals surface area contributed by atoms with E-state index in [4.69, 9.17) is 11.6 Å². The summed E-state index contributed by atoms with van der Waals surface area (Å²) in [5.41, 5.74) is 0.996. The van der Waals surface area contributed by atoms with Crippen molar-refractivity contribution >= 4 is 38.9 Å². The summed E-state index contributed by atoms with van der Waals surface area (Å²) in [6.45, 7) is 0.804. The largest absolute Gasteiger partial charge is 0.384 e. The second-order valence-electron chi connectivity index (χ2n) is 4.53. The molecule has 1 N–H and O–H groups in total. The van der Waals surface area contributed by atoms with Gasteiger partial charge in [-0.1, -0.05) is 17.7 Å². The number of rotatable bonds is 6. The molecule has 0 aliphatic rings. The first-order valence-corrected chi connectivity index (χ1v) is 9.63.